The molecule has 92 valence electrons. The van der Waals surface area contributed by atoms with Gasteiger partial charge in [-0.25, -0.2) is 0 Å². The van der Waals surface area contributed by atoms with Gasteiger partial charge in [0.15, 0.2) is 0 Å². The van der Waals surface area contributed by atoms with Crippen molar-refractivity contribution in [1.82, 2.24) is 0 Å². The summed E-state index contributed by atoms with van der Waals surface area (Å²) in [7, 11) is 0. The molecule has 4 rings (SSSR count). The van der Waals surface area contributed by atoms with Crippen LogP contribution in [0.4, 0.5) is 0 Å². The molecule has 0 radical (unpaired) electrons. The van der Waals surface area contributed by atoms with E-state index in [0.29, 0.717) is 14.5 Å². The van der Waals surface area contributed by atoms with Gasteiger partial charge in [0.1, 0.15) is 0 Å². The molecular formula is C17H12SeTe. The number of hydrogen-bond donors (Lipinski definition) is 0. The van der Waals surface area contributed by atoms with Crippen molar-refractivity contribution in [3.05, 3.63) is 59.0 Å². The average molecular weight is 423 g/mol. The molecule has 0 bridgehead atoms. The van der Waals surface area contributed by atoms with E-state index in [1.165, 1.54) is 16.3 Å². The van der Waals surface area contributed by atoms with E-state index < -0.39 is 0 Å². The van der Waals surface area contributed by atoms with Gasteiger partial charge < -0.3 is 0 Å². The first-order valence-corrected chi connectivity index (χ1v) is 10.3. The van der Waals surface area contributed by atoms with Crippen LogP contribution in [0.3, 0.4) is 0 Å². The molecule has 0 amide bonds. The van der Waals surface area contributed by atoms with E-state index in [-0.39, 0.29) is 20.4 Å². The van der Waals surface area contributed by atoms with E-state index in [1.54, 1.807) is 15.7 Å². The topological polar surface area (TPSA) is 0 Å². The van der Waals surface area contributed by atoms with Crippen LogP contribution >= 0.6 is 0 Å². The van der Waals surface area contributed by atoms with Gasteiger partial charge in [-0.05, 0) is 0 Å². The third kappa shape index (κ3) is 2.14. The van der Waals surface area contributed by atoms with Gasteiger partial charge >= 0.3 is 128 Å². The van der Waals surface area contributed by atoms with Crippen molar-refractivity contribution in [2.75, 3.05) is 0 Å². The molecule has 19 heavy (non-hydrogen) atoms. The fraction of sp³-hybridized carbons (Fsp3) is 0.0588. The first-order valence-electron chi connectivity index (χ1n) is 6.29. The van der Waals surface area contributed by atoms with Crippen LogP contribution in [0, 0.1) is 6.92 Å². The summed E-state index contributed by atoms with van der Waals surface area (Å²) in [5.74, 6) is 0. The number of hydrogen-bond acceptors (Lipinski definition) is 0. The zero-order chi connectivity index (χ0) is 12.8. The number of rotatable bonds is 1. The zero-order valence-corrected chi connectivity index (χ0v) is 14.6. The molecule has 4 aromatic rings. The predicted octanol–water partition coefficient (Wildman–Crippen LogP) is 4.08. The molecule has 0 nitrogen and oxygen atoms in total. The van der Waals surface area contributed by atoms with Crippen LogP contribution in [-0.2, 0) is 0 Å². The molecule has 0 aliphatic heterocycles. The molecule has 2 heteroatoms. The van der Waals surface area contributed by atoms with E-state index in [0.717, 1.165) is 0 Å². The molecule has 0 fully saturated rings. The summed E-state index contributed by atoms with van der Waals surface area (Å²) in [5.41, 5.74) is 1.42. The normalized spacial score (nSPS) is 11.4. The molecule has 0 atom stereocenters. The predicted molar refractivity (Wildman–Crippen MR) is 85.5 cm³/mol. The molecule has 0 aliphatic rings. The monoisotopic (exact) mass is 426 g/mol. The van der Waals surface area contributed by atoms with Gasteiger partial charge in [-0.2, -0.15) is 0 Å². The first kappa shape index (κ1) is 12.0. The molecule has 0 saturated heterocycles. The summed E-state index contributed by atoms with van der Waals surface area (Å²) in [5, 5.41) is 2.98. The van der Waals surface area contributed by atoms with Crippen molar-refractivity contribution in [2.45, 2.75) is 6.92 Å². The van der Waals surface area contributed by atoms with Gasteiger partial charge in [0.2, 0.25) is 0 Å². The van der Waals surface area contributed by atoms with Crippen molar-refractivity contribution >= 4 is 53.4 Å². The molecule has 0 aliphatic carbocycles. The van der Waals surface area contributed by atoms with Gasteiger partial charge in [-0.1, -0.05) is 0 Å². The van der Waals surface area contributed by atoms with Gasteiger partial charge in [0, 0.05) is 0 Å². The number of fused-ring (bicyclic) bond motifs is 2. The third-order valence-electron chi connectivity index (χ3n) is 3.34. The van der Waals surface area contributed by atoms with Gasteiger partial charge in [-0.15, -0.1) is 0 Å². The Kier molecular flexibility index (Phi) is 2.94. The molecule has 2 heterocycles. The molecule has 2 aromatic carbocycles. The maximum atomic E-state index is 2.46. The van der Waals surface area contributed by atoms with Crippen molar-refractivity contribution in [2.24, 2.45) is 0 Å². The minimum absolute atomic E-state index is 0.202. The SMILES string of the molecule is Cc1cc2cc3[te]c(-c4ccccc4)cc3cc2[se]1. The zero-order valence-electron chi connectivity index (χ0n) is 10.5. The summed E-state index contributed by atoms with van der Waals surface area (Å²) >= 11 is 0.361. The van der Waals surface area contributed by atoms with Crippen molar-refractivity contribution in [3.63, 3.8) is 0 Å². The Morgan fingerprint density at radius 1 is 0.895 bits per heavy atom. The van der Waals surface area contributed by atoms with Crippen LogP contribution in [0.2, 0.25) is 0 Å². The molecule has 0 spiro atoms. The molecule has 0 saturated carbocycles. The summed E-state index contributed by atoms with van der Waals surface area (Å²) < 4.78 is 6.32. The van der Waals surface area contributed by atoms with Crippen LogP contribution in [0.15, 0.2) is 54.6 Å². The average Bonchev–Trinajstić information content (AvgIpc) is 2.98. The van der Waals surface area contributed by atoms with Crippen molar-refractivity contribution < 1.29 is 0 Å². The summed E-state index contributed by atoms with van der Waals surface area (Å²) in [4.78, 5) is 0. The van der Waals surface area contributed by atoms with Crippen LogP contribution in [-0.4, -0.2) is 34.9 Å². The Morgan fingerprint density at radius 2 is 1.74 bits per heavy atom. The molecule has 0 unspecified atom stereocenters. The molecular weight excluding hydrogens is 411 g/mol. The first-order chi connectivity index (χ1) is 9.29. The number of benzene rings is 2. The second-order valence-electron chi connectivity index (χ2n) is 4.76. The Balaban J connectivity index is 1.96. The van der Waals surface area contributed by atoms with Crippen LogP contribution in [0.25, 0.3) is 27.6 Å². The maximum absolute atomic E-state index is 2.46. The quantitative estimate of drug-likeness (QED) is 0.405. The second-order valence-corrected chi connectivity index (χ2v) is 10.6. The van der Waals surface area contributed by atoms with E-state index >= 15 is 0 Å². The van der Waals surface area contributed by atoms with E-state index in [4.69, 9.17) is 0 Å². The van der Waals surface area contributed by atoms with Crippen LogP contribution in [0.5, 0.6) is 0 Å². The van der Waals surface area contributed by atoms with Crippen molar-refractivity contribution in [1.29, 1.82) is 0 Å². The Labute approximate surface area is 128 Å². The fourth-order valence-corrected chi connectivity index (χ4v) is 7.59. The Morgan fingerprint density at radius 3 is 2.58 bits per heavy atom. The summed E-state index contributed by atoms with van der Waals surface area (Å²) in [6.07, 6.45) is 0. The van der Waals surface area contributed by atoms with E-state index in [2.05, 4.69) is 61.5 Å². The van der Waals surface area contributed by atoms with Gasteiger partial charge in [-0.3, -0.25) is 0 Å². The van der Waals surface area contributed by atoms with Crippen molar-refractivity contribution in [3.8, 4) is 9.14 Å². The summed E-state index contributed by atoms with van der Waals surface area (Å²) in [6, 6.07) is 20.6. The second kappa shape index (κ2) is 4.65. The standard InChI is InChI=1S/C17H12SeTe/c1-11-7-13-9-17-14(8-15(13)18-11)10-16(19-17)12-5-3-2-4-6-12/h2-10H,1H3. The fourth-order valence-electron chi connectivity index (χ4n) is 2.45. The minimum atomic E-state index is -0.202. The Hall–Kier alpha value is -0.771. The summed E-state index contributed by atoms with van der Waals surface area (Å²) in [6.45, 7) is 2.26. The van der Waals surface area contributed by atoms with Crippen LogP contribution in [0.1, 0.15) is 4.44 Å². The Bertz CT molecular complexity index is 817. The third-order valence-corrected chi connectivity index (χ3v) is 8.74. The number of aryl methyl sites for hydroxylation is 1. The van der Waals surface area contributed by atoms with Gasteiger partial charge in [0.25, 0.3) is 0 Å². The van der Waals surface area contributed by atoms with Crippen LogP contribution < -0.4 is 0 Å². The van der Waals surface area contributed by atoms with E-state index in [9.17, 15) is 0 Å². The molecule has 2 aromatic heterocycles. The molecule has 0 N–H and O–H groups in total. The van der Waals surface area contributed by atoms with E-state index in [1.807, 2.05) is 0 Å². The van der Waals surface area contributed by atoms with Gasteiger partial charge in [0.05, 0.1) is 0 Å².